The second-order valence-corrected chi connectivity index (χ2v) is 12.0. The second kappa shape index (κ2) is 8.07. The molecular formula is C27H35F2N3O2. The van der Waals surface area contributed by atoms with Crippen molar-refractivity contribution in [3.63, 3.8) is 0 Å². The van der Waals surface area contributed by atoms with Crippen LogP contribution in [-0.4, -0.2) is 38.2 Å². The van der Waals surface area contributed by atoms with Crippen molar-refractivity contribution < 1.29 is 18.7 Å². The number of rotatable bonds is 4. The topological polar surface area (TPSA) is 68.0 Å². The van der Waals surface area contributed by atoms with Crippen LogP contribution in [0.25, 0.3) is 11.0 Å². The molecule has 0 spiro atoms. The van der Waals surface area contributed by atoms with Crippen molar-refractivity contribution in [1.82, 2.24) is 15.0 Å². The first-order valence-electron chi connectivity index (χ1n) is 13.1. The lowest BCUT2D eigenvalue weighted by molar-refractivity contribution is -0.134. The zero-order valence-corrected chi connectivity index (χ0v) is 19.9. The number of ketones is 1. The lowest BCUT2D eigenvalue weighted by Gasteiger charge is -2.56. The molecule has 1 aromatic carbocycles. The first kappa shape index (κ1) is 22.6. The van der Waals surface area contributed by atoms with Crippen LogP contribution in [0.5, 0.6) is 0 Å². The highest BCUT2D eigenvalue weighted by Gasteiger charge is 2.59. The largest absolute Gasteiger partial charge is 0.387 e. The molecule has 0 bridgehead atoms. The van der Waals surface area contributed by atoms with Gasteiger partial charge in [-0.15, -0.1) is 0 Å². The molecular weight excluding hydrogens is 436 g/mol. The highest BCUT2D eigenvalue weighted by Crippen LogP contribution is 2.64. The number of alkyl halides is 1. The third kappa shape index (κ3) is 3.52. The summed E-state index contributed by atoms with van der Waals surface area (Å²) in [6.45, 7) is 1.86. The van der Waals surface area contributed by atoms with Crippen LogP contribution in [-0.2, 0) is 11.3 Å². The van der Waals surface area contributed by atoms with Gasteiger partial charge in [0.05, 0.1) is 5.60 Å². The van der Waals surface area contributed by atoms with E-state index >= 15 is 0 Å². The molecule has 4 fully saturated rings. The highest BCUT2D eigenvalue weighted by molar-refractivity contribution is 5.82. The highest BCUT2D eigenvalue weighted by atomic mass is 19.1. The molecule has 1 aromatic heterocycles. The van der Waals surface area contributed by atoms with Gasteiger partial charge < -0.3 is 5.11 Å². The molecule has 0 saturated heterocycles. The molecule has 2 aromatic rings. The van der Waals surface area contributed by atoms with E-state index in [1.54, 1.807) is 6.07 Å². The van der Waals surface area contributed by atoms with Gasteiger partial charge in [0.25, 0.3) is 0 Å². The van der Waals surface area contributed by atoms with Gasteiger partial charge in [0.2, 0.25) is 0 Å². The van der Waals surface area contributed by atoms with Gasteiger partial charge in [-0.1, -0.05) is 6.92 Å². The number of nitrogens with zero attached hydrogens (tertiary/aromatic N) is 3. The first-order valence-corrected chi connectivity index (χ1v) is 13.1. The zero-order chi connectivity index (χ0) is 23.7. The van der Waals surface area contributed by atoms with Crippen LogP contribution in [0.3, 0.4) is 0 Å². The standard InChI is InChI=1S/C27H35F2N3O2/c1-26-10-8-19-18-9-11-27(34,15-28)13-16(18)2-4-20(19)21(26)5-6-22(26)25(33)14-32-30-23-7-3-17(29)12-24(23)31-32/h3,7,12,16,18-22,34H,2,4-6,8-11,13-15H2,1H3/t16-,18+,19-,20-,21+,22-,26+,27-/m1/s1. The number of halogens is 2. The quantitative estimate of drug-likeness (QED) is 0.673. The molecule has 184 valence electrons. The van der Waals surface area contributed by atoms with Gasteiger partial charge in [0.15, 0.2) is 5.78 Å². The number of aliphatic hydroxyl groups is 1. The summed E-state index contributed by atoms with van der Waals surface area (Å²) in [5.74, 6) is 2.77. The monoisotopic (exact) mass is 471 g/mol. The lowest BCUT2D eigenvalue weighted by atomic mass is 9.49. The van der Waals surface area contributed by atoms with Crippen molar-refractivity contribution in [2.75, 3.05) is 6.67 Å². The van der Waals surface area contributed by atoms with Crippen molar-refractivity contribution >= 4 is 16.8 Å². The number of benzene rings is 1. The van der Waals surface area contributed by atoms with Gasteiger partial charge in [0.1, 0.15) is 30.1 Å². The predicted molar refractivity (Wildman–Crippen MR) is 124 cm³/mol. The van der Waals surface area contributed by atoms with Crippen LogP contribution < -0.4 is 0 Å². The van der Waals surface area contributed by atoms with Crippen LogP contribution in [0.15, 0.2) is 18.2 Å². The Morgan fingerprint density at radius 3 is 2.68 bits per heavy atom. The summed E-state index contributed by atoms with van der Waals surface area (Å²) in [5, 5.41) is 19.3. The maximum Gasteiger partial charge on any atom is 0.159 e. The van der Waals surface area contributed by atoms with Crippen molar-refractivity contribution in [2.45, 2.75) is 76.9 Å². The molecule has 4 aliphatic carbocycles. The van der Waals surface area contributed by atoms with E-state index in [0.29, 0.717) is 53.5 Å². The zero-order valence-electron chi connectivity index (χ0n) is 19.9. The smallest absolute Gasteiger partial charge is 0.159 e. The summed E-state index contributed by atoms with van der Waals surface area (Å²) in [5.41, 5.74) is -0.000999. The summed E-state index contributed by atoms with van der Waals surface area (Å²) in [4.78, 5) is 14.9. The molecule has 6 rings (SSSR count). The predicted octanol–water partition coefficient (Wildman–Crippen LogP) is 5.11. The lowest BCUT2D eigenvalue weighted by Crippen LogP contribution is -2.52. The second-order valence-electron chi connectivity index (χ2n) is 12.0. The summed E-state index contributed by atoms with van der Waals surface area (Å²) in [6, 6.07) is 4.32. The Morgan fingerprint density at radius 2 is 1.85 bits per heavy atom. The molecule has 0 aliphatic heterocycles. The Balaban J connectivity index is 1.17. The van der Waals surface area contributed by atoms with Gasteiger partial charge in [-0.25, -0.2) is 8.78 Å². The Bertz CT molecular complexity index is 1100. The molecule has 1 heterocycles. The van der Waals surface area contributed by atoms with E-state index in [-0.39, 0.29) is 29.5 Å². The van der Waals surface area contributed by atoms with Gasteiger partial charge >= 0.3 is 0 Å². The SMILES string of the molecule is C[C@]12CC[C@H]3[C@@H](CC[C@@H]4C[C@@](O)(CF)CC[C@@H]43)[C@@H]1CC[C@@H]2C(=O)Cn1nc2ccc(F)cc2n1. The van der Waals surface area contributed by atoms with E-state index in [9.17, 15) is 18.7 Å². The van der Waals surface area contributed by atoms with E-state index in [2.05, 4.69) is 17.1 Å². The minimum Gasteiger partial charge on any atom is -0.387 e. The molecule has 7 heteroatoms. The molecule has 0 amide bonds. The normalized spacial score (nSPS) is 41.6. The number of hydrogen-bond donors (Lipinski definition) is 1. The number of carbonyl (C=O) groups excluding carboxylic acids is 1. The van der Waals surface area contributed by atoms with Crippen molar-refractivity contribution in [2.24, 2.45) is 40.9 Å². The van der Waals surface area contributed by atoms with Crippen molar-refractivity contribution in [3.05, 3.63) is 24.0 Å². The fraction of sp³-hybridized carbons (Fsp3) is 0.741. The first-order chi connectivity index (χ1) is 16.3. The Hall–Kier alpha value is -1.89. The molecule has 5 nitrogen and oxygen atoms in total. The maximum atomic E-state index is 13.5. The number of fused-ring (bicyclic) bond motifs is 6. The summed E-state index contributed by atoms with van der Waals surface area (Å²) in [7, 11) is 0. The molecule has 0 unspecified atom stereocenters. The molecule has 4 aliphatic rings. The fourth-order valence-corrected chi connectivity index (χ4v) is 8.87. The van der Waals surface area contributed by atoms with Gasteiger partial charge in [0, 0.05) is 12.0 Å². The number of carbonyl (C=O) groups is 1. The van der Waals surface area contributed by atoms with E-state index in [0.717, 1.165) is 44.9 Å². The number of hydrogen-bond acceptors (Lipinski definition) is 4. The average Bonchev–Trinajstić information content (AvgIpc) is 3.38. The Labute approximate surface area is 199 Å². The van der Waals surface area contributed by atoms with E-state index in [1.807, 2.05) is 0 Å². The van der Waals surface area contributed by atoms with Crippen molar-refractivity contribution in [3.8, 4) is 0 Å². The third-order valence-corrected chi connectivity index (χ3v) is 10.4. The molecule has 1 N–H and O–H groups in total. The molecule has 8 atom stereocenters. The minimum absolute atomic E-state index is 0.0120. The molecule has 4 saturated carbocycles. The van der Waals surface area contributed by atoms with Gasteiger partial charge in [-0.2, -0.15) is 15.0 Å². The maximum absolute atomic E-state index is 13.5. The van der Waals surface area contributed by atoms with E-state index in [4.69, 9.17) is 0 Å². The van der Waals surface area contributed by atoms with Crippen LogP contribution in [0, 0.1) is 46.7 Å². The molecule has 0 radical (unpaired) electrons. The number of Topliss-reactive ketones (excluding diaryl/α,β-unsaturated/α-hetero) is 1. The van der Waals surface area contributed by atoms with Gasteiger partial charge in [-0.3, -0.25) is 4.79 Å². The Morgan fingerprint density at radius 1 is 1.06 bits per heavy atom. The summed E-state index contributed by atoms with van der Waals surface area (Å²) in [6.07, 6.45) is 8.60. The minimum atomic E-state index is -1.10. The van der Waals surface area contributed by atoms with E-state index < -0.39 is 12.3 Å². The average molecular weight is 472 g/mol. The van der Waals surface area contributed by atoms with Crippen LogP contribution in [0.2, 0.25) is 0 Å². The van der Waals surface area contributed by atoms with Crippen LogP contribution >= 0.6 is 0 Å². The Kier molecular flexibility index (Phi) is 5.36. The number of aromatic nitrogens is 3. The van der Waals surface area contributed by atoms with E-state index in [1.165, 1.54) is 16.9 Å². The van der Waals surface area contributed by atoms with Crippen LogP contribution in [0.1, 0.15) is 64.7 Å². The fourth-order valence-electron chi connectivity index (χ4n) is 8.87. The van der Waals surface area contributed by atoms with Crippen molar-refractivity contribution in [1.29, 1.82) is 0 Å². The third-order valence-electron chi connectivity index (χ3n) is 10.4. The van der Waals surface area contributed by atoms with Gasteiger partial charge in [-0.05, 0) is 105 Å². The molecule has 34 heavy (non-hydrogen) atoms. The van der Waals surface area contributed by atoms with Crippen LogP contribution in [0.4, 0.5) is 8.78 Å². The summed E-state index contributed by atoms with van der Waals surface area (Å²) >= 11 is 0. The summed E-state index contributed by atoms with van der Waals surface area (Å²) < 4.78 is 26.9.